The lowest BCUT2D eigenvalue weighted by molar-refractivity contribution is 0.112. The molecule has 0 saturated carbocycles. The molecule has 0 spiro atoms. The lowest BCUT2D eigenvalue weighted by atomic mass is 10.3. The summed E-state index contributed by atoms with van der Waals surface area (Å²) in [4.78, 5) is 11.1. The summed E-state index contributed by atoms with van der Waals surface area (Å²) in [6.07, 6.45) is 0.825. The van der Waals surface area contributed by atoms with Gasteiger partial charge in [0, 0.05) is 3.57 Å². The molecular formula is C11H7IO2S. The molecule has 0 unspecified atom stereocenters. The van der Waals surface area contributed by atoms with Gasteiger partial charge >= 0.3 is 0 Å². The Labute approximate surface area is 105 Å². The van der Waals surface area contributed by atoms with Gasteiger partial charge in [0.25, 0.3) is 0 Å². The summed E-state index contributed by atoms with van der Waals surface area (Å²) < 4.78 is 6.74. The highest BCUT2D eigenvalue weighted by molar-refractivity contribution is 14.1. The average Bonchev–Trinajstić information content (AvgIpc) is 2.69. The van der Waals surface area contributed by atoms with Crippen molar-refractivity contribution >= 4 is 40.2 Å². The second kappa shape index (κ2) is 4.76. The molecule has 0 fully saturated rings. The van der Waals surface area contributed by atoms with Gasteiger partial charge < -0.3 is 4.74 Å². The normalized spacial score (nSPS) is 9.93. The lowest BCUT2D eigenvalue weighted by Crippen LogP contribution is -1.79. The van der Waals surface area contributed by atoms with Crippen molar-refractivity contribution in [2.75, 3.05) is 0 Å². The predicted octanol–water partition coefficient (Wildman–Crippen LogP) is 3.96. The molecule has 76 valence electrons. The molecule has 0 aliphatic heterocycles. The third kappa shape index (κ3) is 2.79. The van der Waals surface area contributed by atoms with Gasteiger partial charge in [-0.15, -0.1) is 0 Å². The van der Waals surface area contributed by atoms with Crippen molar-refractivity contribution < 1.29 is 9.53 Å². The van der Waals surface area contributed by atoms with Crippen LogP contribution < -0.4 is 4.74 Å². The monoisotopic (exact) mass is 330 g/mol. The molecule has 1 aromatic carbocycles. The summed E-state index contributed by atoms with van der Waals surface area (Å²) >= 11 is 3.58. The van der Waals surface area contributed by atoms with E-state index in [4.69, 9.17) is 4.74 Å². The first-order valence-electron chi connectivity index (χ1n) is 4.26. The average molecular weight is 330 g/mol. The van der Waals surface area contributed by atoms with E-state index in [2.05, 4.69) is 22.6 Å². The van der Waals surface area contributed by atoms with Crippen molar-refractivity contribution in [2.24, 2.45) is 0 Å². The van der Waals surface area contributed by atoms with Gasteiger partial charge in [0.2, 0.25) is 0 Å². The number of carbonyl (C=O) groups is 1. The minimum absolute atomic E-state index is 0.676. The molecule has 2 rings (SSSR count). The number of halogens is 1. The molecule has 15 heavy (non-hydrogen) atoms. The third-order valence-electron chi connectivity index (χ3n) is 1.75. The summed E-state index contributed by atoms with van der Waals surface area (Å²) in [5, 5.41) is 0.735. The van der Waals surface area contributed by atoms with Crippen LogP contribution in [-0.4, -0.2) is 6.29 Å². The van der Waals surface area contributed by atoms with E-state index in [1.807, 2.05) is 24.3 Å². The molecule has 0 N–H and O–H groups in total. The van der Waals surface area contributed by atoms with Crippen LogP contribution >= 0.6 is 33.9 Å². The Morgan fingerprint density at radius 1 is 1.13 bits per heavy atom. The fourth-order valence-corrected chi connectivity index (χ4v) is 2.12. The van der Waals surface area contributed by atoms with E-state index >= 15 is 0 Å². The third-order valence-corrected chi connectivity index (χ3v) is 3.36. The SMILES string of the molecule is O=Cc1ccc(Oc2ccc(I)cc2)s1. The highest BCUT2D eigenvalue weighted by Gasteiger charge is 2.01. The van der Waals surface area contributed by atoms with Crippen molar-refractivity contribution in [2.45, 2.75) is 0 Å². The lowest BCUT2D eigenvalue weighted by Gasteiger charge is -2.01. The van der Waals surface area contributed by atoms with E-state index in [-0.39, 0.29) is 0 Å². The van der Waals surface area contributed by atoms with Gasteiger partial charge in [0.15, 0.2) is 11.3 Å². The maximum atomic E-state index is 10.5. The van der Waals surface area contributed by atoms with E-state index in [1.165, 1.54) is 14.9 Å². The van der Waals surface area contributed by atoms with Gasteiger partial charge in [-0.3, -0.25) is 4.79 Å². The highest BCUT2D eigenvalue weighted by Crippen LogP contribution is 2.28. The van der Waals surface area contributed by atoms with Gasteiger partial charge in [-0.2, -0.15) is 0 Å². The maximum absolute atomic E-state index is 10.5. The first kappa shape index (κ1) is 10.6. The van der Waals surface area contributed by atoms with Gasteiger partial charge in [0.05, 0.1) is 4.88 Å². The Bertz CT molecular complexity index is 462. The molecule has 0 bridgehead atoms. The Morgan fingerprint density at radius 3 is 2.47 bits per heavy atom. The molecule has 1 aromatic heterocycles. The first-order valence-corrected chi connectivity index (χ1v) is 6.16. The zero-order chi connectivity index (χ0) is 10.7. The number of carbonyl (C=O) groups excluding carboxylic acids is 1. The minimum Gasteiger partial charge on any atom is -0.447 e. The van der Waals surface area contributed by atoms with Gasteiger partial charge in [-0.1, -0.05) is 11.3 Å². The largest absolute Gasteiger partial charge is 0.447 e. The molecule has 1 heterocycles. The van der Waals surface area contributed by atoms with Gasteiger partial charge in [-0.05, 0) is 59.0 Å². The molecule has 0 radical (unpaired) electrons. The molecule has 2 aromatic rings. The van der Waals surface area contributed by atoms with Crippen LogP contribution in [0.3, 0.4) is 0 Å². The molecule has 0 aliphatic rings. The van der Waals surface area contributed by atoms with Crippen molar-refractivity contribution in [1.29, 1.82) is 0 Å². The number of hydrogen-bond acceptors (Lipinski definition) is 3. The van der Waals surface area contributed by atoms with Crippen LogP contribution in [0.25, 0.3) is 0 Å². The number of thiophene rings is 1. The van der Waals surface area contributed by atoms with Gasteiger partial charge in [0.1, 0.15) is 5.75 Å². The zero-order valence-electron chi connectivity index (χ0n) is 7.64. The highest BCUT2D eigenvalue weighted by atomic mass is 127. The molecule has 0 aliphatic carbocycles. The second-order valence-electron chi connectivity index (χ2n) is 2.83. The molecular weight excluding hydrogens is 323 g/mol. The molecule has 0 saturated heterocycles. The fourth-order valence-electron chi connectivity index (χ4n) is 1.07. The van der Waals surface area contributed by atoms with E-state index in [0.29, 0.717) is 4.88 Å². The zero-order valence-corrected chi connectivity index (χ0v) is 10.6. The predicted molar refractivity (Wildman–Crippen MR) is 68.9 cm³/mol. The Balaban J connectivity index is 2.14. The number of hydrogen-bond donors (Lipinski definition) is 0. The molecule has 4 heteroatoms. The summed E-state index contributed by atoms with van der Waals surface area (Å²) in [5.74, 6) is 0.787. The van der Waals surface area contributed by atoms with Gasteiger partial charge in [-0.25, -0.2) is 0 Å². The van der Waals surface area contributed by atoms with Crippen LogP contribution in [0.4, 0.5) is 0 Å². The fraction of sp³-hybridized carbons (Fsp3) is 0. The number of rotatable bonds is 3. The van der Waals surface area contributed by atoms with Crippen LogP contribution in [0.15, 0.2) is 36.4 Å². The van der Waals surface area contributed by atoms with Crippen LogP contribution in [0.2, 0.25) is 0 Å². The summed E-state index contributed by atoms with van der Waals surface area (Å²) in [5.41, 5.74) is 0. The molecule has 0 atom stereocenters. The second-order valence-corrected chi connectivity index (χ2v) is 5.15. The Hall–Kier alpha value is -0.880. The number of benzene rings is 1. The van der Waals surface area contributed by atoms with Crippen LogP contribution in [0.1, 0.15) is 9.67 Å². The standard InChI is InChI=1S/C11H7IO2S/c12-8-1-3-9(4-2-8)14-11-6-5-10(7-13)15-11/h1-7H. The summed E-state index contributed by atoms with van der Waals surface area (Å²) in [6.45, 7) is 0. The van der Waals surface area contributed by atoms with Crippen LogP contribution in [0, 0.1) is 3.57 Å². The first-order chi connectivity index (χ1) is 7.28. The summed E-state index contributed by atoms with van der Waals surface area (Å²) in [6, 6.07) is 11.3. The van der Waals surface area contributed by atoms with Crippen molar-refractivity contribution in [1.82, 2.24) is 0 Å². The van der Waals surface area contributed by atoms with E-state index < -0.39 is 0 Å². The van der Waals surface area contributed by atoms with Crippen molar-refractivity contribution in [3.05, 3.63) is 44.8 Å². The van der Waals surface area contributed by atoms with Crippen LogP contribution in [0.5, 0.6) is 10.8 Å². The van der Waals surface area contributed by atoms with Crippen molar-refractivity contribution in [3.8, 4) is 10.8 Å². The number of aldehydes is 1. The maximum Gasteiger partial charge on any atom is 0.181 e. The quantitative estimate of drug-likeness (QED) is 0.629. The topological polar surface area (TPSA) is 26.3 Å². The smallest absolute Gasteiger partial charge is 0.181 e. The number of ether oxygens (including phenoxy) is 1. The Kier molecular flexibility index (Phi) is 3.37. The minimum atomic E-state index is 0.676. The Morgan fingerprint density at radius 2 is 1.87 bits per heavy atom. The van der Waals surface area contributed by atoms with Crippen LogP contribution in [-0.2, 0) is 0 Å². The van der Waals surface area contributed by atoms with E-state index in [0.717, 1.165) is 17.1 Å². The van der Waals surface area contributed by atoms with Crippen molar-refractivity contribution in [3.63, 3.8) is 0 Å². The van der Waals surface area contributed by atoms with E-state index in [1.54, 1.807) is 12.1 Å². The summed E-state index contributed by atoms with van der Waals surface area (Å²) in [7, 11) is 0. The molecule has 2 nitrogen and oxygen atoms in total. The molecule has 0 amide bonds. The van der Waals surface area contributed by atoms with E-state index in [9.17, 15) is 4.79 Å².